The largest absolute Gasteiger partial charge is 0.274 e. The Morgan fingerprint density at radius 2 is 2.12 bits per heavy atom. The van der Waals surface area contributed by atoms with Gasteiger partial charge in [-0.15, -0.1) is 0 Å². The summed E-state index contributed by atoms with van der Waals surface area (Å²) in [6.07, 6.45) is 6.34. The molecule has 3 rings (SSSR count). The highest BCUT2D eigenvalue weighted by atomic mass is 15.1. The second-order valence-corrected chi connectivity index (χ2v) is 4.77. The predicted octanol–water partition coefficient (Wildman–Crippen LogP) is 0.190. The topological polar surface area (TPSA) is 26.0 Å². The maximum absolute atomic E-state index is 3.42. The van der Waals surface area contributed by atoms with Crippen LogP contribution in [-0.2, 0) is 19.3 Å². The SMILES string of the molecule is c1cc2c(c(CC3=[NH+]CCN3)c1)CCCC2. The van der Waals surface area contributed by atoms with Gasteiger partial charge < -0.3 is 0 Å². The van der Waals surface area contributed by atoms with Crippen molar-refractivity contribution in [1.82, 2.24) is 5.32 Å². The zero-order valence-electron chi connectivity index (χ0n) is 9.68. The third-order valence-electron chi connectivity index (χ3n) is 3.66. The molecule has 0 atom stereocenters. The van der Waals surface area contributed by atoms with Crippen LogP contribution in [0.5, 0.6) is 0 Å². The van der Waals surface area contributed by atoms with Gasteiger partial charge in [-0.2, -0.15) is 0 Å². The number of hydrogen-bond donors (Lipinski definition) is 2. The molecule has 0 bridgehead atoms. The zero-order valence-corrected chi connectivity index (χ0v) is 9.68. The van der Waals surface area contributed by atoms with Crippen molar-refractivity contribution in [3.8, 4) is 0 Å². The Hall–Kier alpha value is -1.31. The zero-order chi connectivity index (χ0) is 10.8. The fourth-order valence-corrected chi connectivity index (χ4v) is 2.83. The van der Waals surface area contributed by atoms with Gasteiger partial charge in [0.2, 0.25) is 5.84 Å². The van der Waals surface area contributed by atoms with Crippen molar-refractivity contribution in [2.24, 2.45) is 0 Å². The molecule has 1 aliphatic carbocycles. The number of hydrogen-bond acceptors (Lipinski definition) is 1. The molecule has 0 fully saturated rings. The number of rotatable bonds is 2. The summed E-state index contributed by atoms with van der Waals surface area (Å²) in [6.45, 7) is 2.15. The number of nitrogens with one attached hydrogen (secondary N) is 2. The third kappa shape index (κ3) is 1.84. The van der Waals surface area contributed by atoms with Crippen molar-refractivity contribution in [3.63, 3.8) is 0 Å². The van der Waals surface area contributed by atoms with Crippen molar-refractivity contribution in [3.05, 3.63) is 34.9 Å². The summed E-state index contributed by atoms with van der Waals surface area (Å²) < 4.78 is 0. The molecule has 0 saturated carbocycles. The Labute approximate surface area is 96.8 Å². The molecule has 1 aromatic rings. The first-order valence-corrected chi connectivity index (χ1v) is 6.37. The van der Waals surface area contributed by atoms with Crippen LogP contribution in [0.1, 0.15) is 29.5 Å². The first-order chi connectivity index (χ1) is 7.93. The van der Waals surface area contributed by atoms with E-state index in [0.717, 1.165) is 19.5 Å². The molecule has 1 aliphatic heterocycles. The lowest BCUT2D eigenvalue weighted by molar-refractivity contribution is -0.445. The van der Waals surface area contributed by atoms with Crippen LogP contribution < -0.4 is 10.3 Å². The van der Waals surface area contributed by atoms with Gasteiger partial charge in [0.05, 0.1) is 6.42 Å². The Bertz CT molecular complexity index is 421. The molecular formula is C14H19N2+. The minimum absolute atomic E-state index is 1.06. The maximum atomic E-state index is 3.42. The van der Waals surface area contributed by atoms with Crippen LogP contribution in [0.4, 0.5) is 0 Å². The molecule has 0 saturated heterocycles. The van der Waals surface area contributed by atoms with E-state index in [1.807, 2.05) is 0 Å². The number of fused-ring (bicyclic) bond motifs is 1. The van der Waals surface area contributed by atoms with Gasteiger partial charge in [0.1, 0.15) is 13.1 Å². The van der Waals surface area contributed by atoms with E-state index >= 15 is 0 Å². The lowest BCUT2D eigenvalue weighted by Crippen LogP contribution is -2.71. The van der Waals surface area contributed by atoms with Gasteiger partial charge in [0.25, 0.3) is 0 Å². The van der Waals surface area contributed by atoms with Gasteiger partial charge in [0.15, 0.2) is 0 Å². The predicted molar refractivity (Wildman–Crippen MR) is 65.6 cm³/mol. The van der Waals surface area contributed by atoms with E-state index in [1.54, 1.807) is 11.1 Å². The number of aryl methyl sites for hydroxylation is 1. The molecule has 2 N–H and O–H groups in total. The third-order valence-corrected chi connectivity index (χ3v) is 3.66. The van der Waals surface area contributed by atoms with Gasteiger partial charge in [-0.05, 0) is 42.4 Å². The van der Waals surface area contributed by atoms with E-state index < -0.39 is 0 Å². The van der Waals surface area contributed by atoms with Crippen LogP contribution in [0.2, 0.25) is 0 Å². The molecule has 0 radical (unpaired) electrons. The van der Waals surface area contributed by atoms with Gasteiger partial charge in [0, 0.05) is 0 Å². The van der Waals surface area contributed by atoms with E-state index in [1.165, 1.54) is 37.1 Å². The molecule has 1 aromatic carbocycles. The second-order valence-electron chi connectivity index (χ2n) is 4.77. The molecule has 16 heavy (non-hydrogen) atoms. The molecule has 2 aliphatic rings. The van der Waals surface area contributed by atoms with Crippen LogP contribution in [0.15, 0.2) is 18.2 Å². The summed E-state index contributed by atoms with van der Waals surface area (Å²) in [5.41, 5.74) is 4.73. The molecule has 0 amide bonds. The summed E-state index contributed by atoms with van der Waals surface area (Å²) in [6, 6.07) is 6.81. The minimum atomic E-state index is 1.06. The van der Waals surface area contributed by atoms with Crippen LogP contribution in [0.3, 0.4) is 0 Å². The number of benzene rings is 1. The van der Waals surface area contributed by atoms with Gasteiger partial charge in [-0.3, -0.25) is 10.3 Å². The van der Waals surface area contributed by atoms with E-state index in [0.29, 0.717) is 0 Å². The van der Waals surface area contributed by atoms with Gasteiger partial charge >= 0.3 is 0 Å². The summed E-state index contributed by atoms with van der Waals surface area (Å²) >= 11 is 0. The fraction of sp³-hybridized carbons (Fsp3) is 0.500. The smallest absolute Gasteiger partial charge is 0.247 e. The van der Waals surface area contributed by atoms with Crippen molar-refractivity contribution in [2.75, 3.05) is 13.1 Å². The molecule has 0 aromatic heterocycles. The molecule has 0 unspecified atom stereocenters. The molecule has 2 nitrogen and oxygen atoms in total. The normalized spacial score (nSPS) is 18.9. The van der Waals surface area contributed by atoms with E-state index in [4.69, 9.17) is 0 Å². The Balaban J connectivity index is 1.88. The van der Waals surface area contributed by atoms with Crippen LogP contribution in [0.25, 0.3) is 0 Å². The monoisotopic (exact) mass is 215 g/mol. The van der Waals surface area contributed by atoms with Crippen molar-refractivity contribution < 1.29 is 4.99 Å². The van der Waals surface area contributed by atoms with Crippen molar-refractivity contribution in [1.29, 1.82) is 0 Å². The Morgan fingerprint density at radius 1 is 1.19 bits per heavy atom. The fourth-order valence-electron chi connectivity index (χ4n) is 2.83. The Morgan fingerprint density at radius 3 is 3.00 bits per heavy atom. The highest BCUT2D eigenvalue weighted by Crippen LogP contribution is 2.24. The minimum Gasteiger partial charge on any atom is -0.274 e. The summed E-state index contributed by atoms with van der Waals surface area (Å²) in [4.78, 5) is 3.42. The van der Waals surface area contributed by atoms with E-state index in [2.05, 4.69) is 28.5 Å². The maximum Gasteiger partial charge on any atom is 0.247 e. The quantitative estimate of drug-likeness (QED) is 0.724. The summed E-state index contributed by atoms with van der Waals surface area (Å²) in [7, 11) is 0. The molecular weight excluding hydrogens is 196 g/mol. The van der Waals surface area contributed by atoms with Crippen LogP contribution >= 0.6 is 0 Å². The molecule has 1 heterocycles. The number of amidine groups is 1. The summed E-state index contributed by atoms with van der Waals surface area (Å²) in [5.74, 6) is 1.30. The first-order valence-electron chi connectivity index (χ1n) is 6.37. The standard InChI is InChI=1S/C14H18N2/c1-2-7-13-11(4-1)5-3-6-12(13)10-14-15-8-9-16-14/h3,5-6H,1-2,4,7-10H2,(H,15,16)/p+1. The average Bonchev–Trinajstić information content (AvgIpc) is 2.82. The molecule has 2 heteroatoms. The summed E-state index contributed by atoms with van der Waals surface area (Å²) in [5, 5.41) is 3.42. The lowest BCUT2D eigenvalue weighted by atomic mass is 9.87. The Kier molecular flexibility index (Phi) is 2.65. The van der Waals surface area contributed by atoms with Crippen molar-refractivity contribution in [2.45, 2.75) is 32.1 Å². The van der Waals surface area contributed by atoms with Gasteiger partial charge in [-0.25, -0.2) is 0 Å². The second kappa shape index (κ2) is 4.28. The average molecular weight is 215 g/mol. The van der Waals surface area contributed by atoms with Gasteiger partial charge in [-0.1, -0.05) is 18.2 Å². The van der Waals surface area contributed by atoms with Crippen molar-refractivity contribution >= 4 is 5.84 Å². The highest BCUT2D eigenvalue weighted by Gasteiger charge is 2.17. The van der Waals surface area contributed by atoms with Crippen LogP contribution in [-0.4, -0.2) is 18.9 Å². The lowest BCUT2D eigenvalue weighted by Gasteiger charge is -2.18. The van der Waals surface area contributed by atoms with Crippen LogP contribution in [0, 0.1) is 0 Å². The highest BCUT2D eigenvalue weighted by molar-refractivity contribution is 5.80. The molecule has 84 valence electrons. The molecule has 0 spiro atoms. The van der Waals surface area contributed by atoms with E-state index in [-0.39, 0.29) is 0 Å². The van der Waals surface area contributed by atoms with E-state index in [9.17, 15) is 0 Å². The first kappa shape index (κ1) is 9.88.